The first-order chi connectivity index (χ1) is 21.2. The zero-order valence-electron chi connectivity index (χ0n) is 24.5. The molecule has 2 aliphatic rings. The number of aromatic hydroxyl groups is 1. The second-order valence-electron chi connectivity index (χ2n) is 10.3. The number of rotatable bonds is 9. The molecule has 3 aromatic rings. The van der Waals surface area contributed by atoms with Crippen molar-refractivity contribution < 1.29 is 38.6 Å². The molecule has 5 rings (SSSR count). The van der Waals surface area contributed by atoms with Crippen molar-refractivity contribution in [2.24, 2.45) is 5.73 Å². The molecule has 1 amide bonds. The van der Waals surface area contributed by atoms with Crippen molar-refractivity contribution in [3.63, 3.8) is 0 Å². The lowest BCUT2D eigenvalue weighted by molar-refractivity contribution is -0.193. The van der Waals surface area contributed by atoms with E-state index in [-0.39, 0.29) is 36.3 Å². The van der Waals surface area contributed by atoms with Gasteiger partial charge < -0.3 is 30.8 Å². The van der Waals surface area contributed by atoms with Crippen LogP contribution < -0.4 is 15.8 Å². The molecule has 2 aromatic carbocycles. The van der Waals surface area contributed by atoms with Gasteiger partial charge in [-0.05, 0) is 87.2 Å². The van der Waals surface area contributed by atoms with Crippen LogP contribution in [0.15, 0.2) is 65.9 Å². The Morgan fingerprint density at radius 3 is 2.50 bits per heavy atom. The van der Waals surface area contributed by atoms with Gasteiger partial charge in [-0.15, -0.1) is 0 Å². The number of amides is 1. The van der Waals surface area contributed by atoms with Crippen LogP contribution in [0.3, 0.4) is 0 Å². The van der Waals surface area contributed by atoms with Gasteiger partial charge in [0, 0.05) is 41.5 Å². The number of nitrogens with two attached hydrogens (primary N) is 1. The zero-order chi connectivity index (χ0) is 32.3. The van der Waals surface area contributed by atoms with Crippen LogP contribution in [-0.4, -0.2) is 65.2 Å². The third kappa shape index (κ3) is 7.19. The Morgan fingerprint density at radius 1 is 1.11 bits per heavy atom. The van der Waals surface area contributed by atoms with Crippen molar-refractivity contribution in [1.82, 2.24) is 15.2 Å². The van der Waals surface area contributed by atoms with Crippen molar-refractivity contribution in [2.45, 2.75) is 38.6 Å². The molecule has 2 aliphatic heterocycles. The summed E-state index contributed by atoms with van der Waals surface area (Å²) in [5, 5.41) is 14.1. The van der Waals surface area contributed by atoms with Gasteiger partial charge in [0.1, 0.15) is 11.5 Å². The monoisotopic (exact) mass is 602 g/mol. The third-order valence-corrected chi connectivity index (χ3v) is 7.71. The van der Waals surface area contributed by atoms with E-state index in [1.807, 2.05) is 37.4 Å². The van der Waals surface area contributed by atoms with Gasteiger partial charge in [-0.3, -0.25) is 9.59 Å². The number of nitrogens with one attached hydrogen (secondary N) is 2. The number of para-hydroxylation sites is 1. The van der Waals surface area contributed by atoms with Gasteiger partial charge in [0.05, 0.1) is 11.1 Å². The highest BCUT2D eigenvalue weighted by molar-refractivity contribution is 6.12. The van der Waals surface area contributed by atoms with E-state index in [2.05, 4.69) is 22.1 Å². The number of carbonyl (C=O) groups excluding carboxylic acids is 6. The van der Waals surface area contributed by atoms with Gasteiger partial charge in [0.25, 0.3) is 5.91 Å². The van der Waals surface area contributed by atoms with E-state index in [4.69, 9.17) is 29.6 Å². The Balaban J connectivity index is 0.000000816. The van der Waals surface area contributed by atoms with Gasteiger partial charge >= 0.3 is 12.3 Å². The number of hydrogen-bond donors (Lipinski definition) is 4. The predicted octanol–water partition coefficient (Wildman–Crippen LogP) is 2.74. The van der Waals surface area contributed by atoms with E-state index in [0.717, 1.165) is 48.0 Å². The van der Waals surface area contributed by atoms with Crippen LogP contribution in [0.2, 0.25) is 0 Å². The molecule has 44 heavy (non-hydrogen) atoms. The van der Waals surface area contributed by atoms with E-state index < -0.39 is 5.54 Å². The maximum Gasteiger partial charge on any atom is 0.373 e. The number of ketones is 1. The lowest BCUT2D eigenvalue weighted by Gasteiger charge is -2.47. The maximum atomic E-state index is 13.2. The molecule has 3 heterocycles. The SMILES string of the molecule is CC1=CC(C(=O)c2ccccc2O)=CN2CCc3c([nH]c4ccc(OCC(=O)NCCCCN)cc34)[C@]12C.O=C=O.O=C=O. The number of H-pyrrole nitrogens is 1. The maximum absolute atomic E-state index is 13.2. The number of allylic oxidation sites excluding steroid dienone is 2. The summed E-state index contributed by atoms with van der Waals surface area (Å²) in [5.74, 6) is 0.286. The highest BCUT2D eigenvalue weighted by Crippen LogP contribution is 2.46. The Hall–Kier alpha value is -5.28. The molecule has 230 valence electrons. The average Bonchev–Trinajstić information content (AvgIpc) is 3.39. The molecule has 0 spiro atoms. The Bertz CT molecular complexity index is 1630. The minimum Gasteiger partial charge on any atom is -0.507 e. The van der Waals surface area contributed by atoms with E-state index in [1.165, 1.54) is 11.6 Å². The van der Waals surface area contributed by atoms with Crippen LogP contribution in [0.5, 0.6) is 11.5 Å². The molecular weight excluding hydrogens is 568 g/mol. The third-order valence-electron chi connectivity index (χ3n) is 7.71. The number of hydrogen-bond acceptors (Lipinski definition) is 10. The number of unbranched alkanes of at least 4 members (excludes halogenated alkanes) is 1. The molecule has 0 saturated carbocycles. The van der Waals surface area contributed by atoms with Crippen molar-refractivity contribution >= 4 is 34.9 Å². The quantitative estimate of drug-likeness (QED) is 0.209. The molecule has 5 N–H and O–H groups in total. The predicted molar refractivity (Wildman–Crippen MR) is 157 cm³/mol. The number of benzene rings is 2. The number of phenols is 1. The van der Waals surface area contributed by atoms with Gasteiger partial charge in [0.2, 0.25) is 0 Å². The number of carbonyl (C=O) groups is 2. The molecule has 12 heteroatoms. The normalized spacial score (nSPS) is 16.2. The number of aromatic amines is 1. The summed E-state index contributed by atoms with van der Waals surface area (Å²) in [6.45, 7) is 6.12. The number of phenolic OH excluding ortho intramolecular Hbond substituents is 1. The fourth-order valence-electron chi connectivity index (χ4n) is 5.43. The van der Waals surface area contributed by atoms with Crippen molar-refractivity contribution in [3.05, 3.63) is 82.7 Å². The topological polar surface area (TPSA) is 189 Å². The summed E-state index contributed by atoms with van der Waals surface area (Å²) in [5.41, 5.74) is 10.2. The van der Waals surface area contributed by atoms with Gasteiger partial charge in [-0.2, -0.15) is 19.2 Å². The summed E-state index contributed by atoms with van der Waals surface area (Å²) in [4.78, 5) is 63.7. The van der Waals surface area contributed by atoms with Crippen molar-refractivity contribution in [1.29, 1.82) is 0 Å². The van der Waals surface area contributed by atoms with Crippen LogP contribution in [0.1, 0.15) is 48.3 Å². The minimum absolute atomic E-state index is 0.0172. The fraction of sp³-hybridized carbons (Fsp3) is 0.312. The highest BCUT2D eigenvalue weighted by Gasteiger charge is 2.43. The second kappa shape index (κ2) is 15.3. The molecule has 1 atom stereocenters. The average molecular weight is 603 g/mol. The van der Waals surface area contributed by atoms with E-state index in [0.29, 0.717) is 30.0 Å². The first-order valence-electron chi connectivity index (χ1n) is 13.9. The summed E-state index contributed by atoms with van der Waals surface area (Å²) < 4.78 is 5.80. The molecule has 0 radical (unpaired) electrons. The van der Waals surface area contributed by atoms with Crippen LogP contribution in [0, 0.1) is 0 Å². The molecule has 0 bridgehead atoms. The Kier molecular flexibility index (Phi) is 11.5. The fourth-order valence-corrected chi connectivity index (χ4v) is 5.43. The smallest absolute Gasteiger partial charge is 0.373 e. The molecule has 0 aliphatic carbocycles. The summed E-state index contributed by atoms with van der Waals surface area (Å²) >= 11 is 0. The molecule has 12 nitrogen and oxygen atoms in total. The summed E-state index contributed by atoms with van der Waals surface area (Å²) in [7, 11) is 0. The van der Waals surface area contributed by atoms with Crippen molar-refractivity contribution in [3.8, 4) is 11.5 Å². The number of fused-ring (bicyclic) bond motifs is 5. The van der Waals surface area contributed by atoms with E-state index in [9.17, 15) is 14.7 Å². The highest BCUT2D eigenvalue weighted by atomic mass is 16.5. The number of ether oxygens (including phenoxy) is 1. The van der Waals surface area contributed by atoms with Crippen LogP contribution >= 0.6 is 0 Å². The van der Waals surface area contributed by atoms with E-state index >= 15 is 0 Å². The first-order valence-corrected chi connectivity index (χ1v) is 13.9. The molecular formula is C32H34N4O8. The Morgan fingerprint density at radius 2 is 1.82 bits per heavy atom. The number of nitrogens with zero attached hydrogens (tertiary/aromatic N) is 1. The van der Waals surface area contributed by atoms with Crippen LogP contribution in [0.4, 0.5) is 0 Å². The van der Waals surface area contributed by atoms with E-state index in [1.54, 1.807) is 18.2 Å². The minimum atomic E-state index is -0.445. The number of aromatic nitrogens is 1. The molecule has 1 aromatic heterocycles. The summed E-state index contributed by atoms with van der Waals surface area (Å²) in [6.07, 6.45) is 6.86. The largest absolute Gasteiger partial charge is 0.507 e. The van der Waals surface area contributed by atoms with Crippen molar-refractivity contribution in [2.75, 3.05) is 26.2 Å². The Labute approximate surface area is 253 Å². The standard InChI is InChI=1S/C30H34N4O4.2CO2/c1-19-15-20(28(37)23-7-3-4-8-26(23)35)17-34-14-11-22-24-16-21(38-18-27(36)32-13-6-5-12-31)9-10-25(24)33-29(22)30(19,34)2;2*2-1-3/h3-4,7-10,15-17,33,35H,5-6,11-14,18,31H2,1-2H3,(H,32,36);;/t30-;;/m0../s1. The lowest BCUT2D eigenvalue weighted by atomic mass is 9.78. The van der Waals surface area contributed by atoms with Crippen LogP contribution in [0.25, 0.3) is 10.9 Å². The van der Waals surface area contributed by atoms with Gasteiger partial charge in [0.15, 0.2) is 12.4 Å². The zero-order valence-corrected chi connectivity index (χ0v) is 24.5. The summed E-state index contributed by atoms with van der Waals surface area (Å²) in [6, 6.07) is 12.5. The van der Waals surface area contributed by atoms with Gasteiger partial charge in [-0.25, -0.2) is 0 Å². The number of Topliss-reactive ketones (excluding diaryl/α,β-unsaturated/α-hetero) is 1. The van der Waals surface area contributed by atoms with Gasteiger partial charge in [-0.1, -0.05) is 12.1 Å². The second-order valence-corrected chi connectivity index (χ2v) is 10.3. The van der Waals surface area contributed by atoms with Crippen LogP contribution in [-0.2, 0) is 35.9 Å². The molecule has 0 unspecified atom stereocenters. The molecule has 0 saturated heterocycles. The lowest BCUT2D eigenvalue weighted by Crippen LogP contribution is -2.48. The first kappa shape index (κ1) is 33.2. The molecule has 0 fully saturated rings.